The minimum atomic E-state index is -0.126. The van der Waals surface area contributed by atoms with E-state index in [1.54, 1.807) is 0 Å². The molecule has 0 atom stereocenters. The maximum atomic E-state index is 11.8. The molecule has 0 saturated carbocycles. The highest BCUT2D eigenvalue weighted by molar-refractivity contribution is 9.10. The van der Waals surface area contributed by atoms with Gasteiger partial charge in [-0.15, -0.1) is 11.6 Å². The fraction of sp³-hybridized carbons (Fsp3) is 0.105. The van der Waals surface area contributed by atoms with Crippen LogP contribution in [0.3, 0.4) is 0 Å². The molecule has 0 saturated heterocycles. The summed E-state index contributed by atoms with van der Waals surface area (Å²) in [5, 5.41) is 8.07. The van der Waals surface area contributed by atoms with Crippen molar-refractivity contribution in [3.05, 3.63) is 53.4 Å². The molecule has 6 nitrogen and oxygen atoms in total. The Labute approximate surface area is 168 Å². The highest BCUT2D eigenvalue weighted by Gasteiger charge is 2.09. The molecule has 0 fully saturated rings. The second kappa shape index (κ2) is 7.54. The van der Waals surface area contributed by atoms with Crippen molar-refractivity contribution in [2.45, 2.75) is 6.42 Å². The van der Waals surface area contributed by atoms with Crippen LogP contribution in [0.4, 0.5) is 17.2 Å². The van der Waals surface area contributed by atoms with Gasteiger partial charge in [0.15, 0.2) is 0 Å². The van der Waals surface area contributed by atoms with E-state index in [-0.39, 0.29) is 18.2 Å². The van der Waals surface area contributed by atoms with Gasteiger partial charge in [-0.3, -0.25) is 4.79 Å². The van der Waals surface area contributed by atoms with Crippen molar-refractivity contribution in [3.63, 3.8) is 0 Å². The number of hydrogen-bond donors (Lipinski definition) is 3. The fourth-order valence-corrected chi connectivity index (χ4v) is 3.46. The van der Waals surface area contributed by atoms with Gasteiger partial charge < -0.3 is 15.6 Å². The van der Waals surface area contributed by atoms with Crippen LogP contribution >= 0.6 is 27.5 Å². The van der Waals surface area contributed by atoms with Gasteiger partial charge in [-0.2, -0.15) is 0 Å². The first-order valence-electron chi connectivity index (χ1n) is 8.28. The molecule has 0 aliphatic rings. The lowest BCUT2D eigenvalue weighted by atomic mass is 10.2. The molecule has 0 radical (unpaired) electrons. The molecule has 2 heterocycles. The smallest absolute Gasteiger partial charge is 0.225 e. The van der Waals surface area contributed by atoms with E-state index in [9.17, 15) is 4.79 Å². The van der Waals surface area contributed by atoms with Crippen LogP contribution in [0, 0.1) is 0 Å². The minimum Gasteiger partial charge on any atom is -0.360 e. The molecule has 4 aromatic rings. The van der Waals surface area contributed by atoms with Crippen molar-refractivity contribution < 1.29 is 4.79 Å². The van der Waals surface area contributed by atoms with Crippen molar-refractivity contribution in [2.24, 2.45) is 0 Å². The maximum Gasteiger partial charge on any atom is 0.225 e. The van der Waals surface area contributed by atoms with Gasteiger partial charge in [-0.25, -0.2) is 9.97 Å². The zero-order chi connectivity index (χ0) is 18.8. The zero-order valence-electron chi connectivity index (χ0n) is 14.1. The number of amides is 1. The quantitative estimate of drug-likeness (QED) is 0.370. The van der Waals surface area contributed by atoms with Crippen LogP contribution < -0.4 is 10.6 Å². The fourth-order valence-electron chi connectivity index (χ4n) is 2.84. The Hall–Kier alpha value is -2.64. The van der Waals surface area contributed by atoms with E-state index in [0.29, 0.717) is 11.5 Å². The summed E-state index contributed by atoms with van der Waals surface area (Å²) in [7, 11) is 0. The summed E-state index contributed by atoms with van der Waals surface area (Å²) >= 11 is 9.16. The number of fused-ring (bicyclic) bond motifs is 2. The molecular weight excluding hydrogens is 430 g/mol. The highest BCUT2D eigenvalue weighted by Crippen LogP contribution is 2.30. The molecule has 27 heavy (non-hydrogen) atoms. The number of H-pyrrole nitrogens is 1. The normalized spacial score (nSPS) is 11.0. The summed E-state index contributed by atoms with van der Waals surface area (Å²) in [4.78, 5) is 23.7. The molecule has 0 bridgehead atoms. The van der Waals surface area contributed by atoms with Crippen molar-refractivity contribution in [3.8, 4) is 0 Å². The van der Waals surface area contributed by atoms with Crippen molar-refractivity contribution in [2.75, 3.05) is 16.5 Å². The van der Waals surface area contributed by atoms with Gasteiger partial charge in [0.1, 0.15) is 12.1 Å². The molecule has 2 aromatic carbocycles. The van der Waals surface area contributed by atoms with E-state index >= 15 is 0 Å². The van der Waals surface area contributed by atoms with E-state index in [1.807, 2.05) is 42.6 Å². The van der Waals surface area contributed by atoms with Crippen molar-refractivity contribution >= 4 is 72.4 Å². The Bertz CT molecular complexity index is 1140. The first kappa shape index (κ1) is 17.8. The Morgan fingerprint density at radius 1 is 1.11 bits per heavy atom. The van der Waals surface area contributed by atoms with Gasteiger partial charge in [-0.05, 0) is 52.3 Å². The SMILES string of the molecule is O=C(CCCl)Nc1ccc2ncnc(Nc3ccc4[nH]cc(Br)c4c3)c2c1. The zero-order valence-corrected chi connectivity index (χ0v) is 16.4. The lowest BCUT2D eigenvalue weighted by molar-refractivity contribution is -0.115. The Balaban J connectivity index is 1.69. The molecule has 1 amide bonds. The summed E-state index contributed by atoms with van der Waals surface area (Å²) < 4.78 is 0.998. The topological polar surface area (TPSA) is 82.7 Å². The maximum absolute atomic E-state index is 11.8. The van der Waals surface area contributed by atoms with Crippen LogP contribution in [-0.4, -0.2) is 26.7 Å². The van der Waals surface area contributed by atoms with Crippen LogP contribution in [0.2, 0.25) is 0 Å². The molecule has 0 aliphatic heterocycles. The van der Waals surface area contributed by atoms with E-state index in [4.69, 9.17) is 11.6 Å². The number of benzene rings is 2. The Morgan fingerprint density at radius 3 is 2.78 bits per heavy atom. The largest absolute Gasteiger partial charge is 0.360 e. The molecule has 0 aliphatic carbocycles. The lowest BCUT2D eigenvalue weighted by Gasteiger charge is -2.10. The molecule has 0 unspecified atom stereocenters. The predicted molar refractivity (Wildman–Crippen MR) is 113 cm³/mol. The average molecular weight is 445 g/mol. The number of nitrogens with one attached hydrogen (secondary N) is 3. The number of anilines is 3. The number of aromatic nitrogens is 3. The summed E-state index contributed by atoms with van der Waals surface area (Å²) in [5.41, 5.74) is 3.41. The number of halogens is 2. The van der Waals surface area contributed by atoms with Gasteiger partial charge in [0.05, 0.1) is 5.52 Å². The monoisotopic (exact) mass is 443 g/mol. The average Bonchev–Trinajstić information content (AvgIpc) is 3.03. The molecule has 8 heteroatoms. The van der Waals surface area contributed by atoms with Crippen LogP contribution in [0.5, 0.6) is 0 Å². The van der Waals surface area contributed by atoms with E-state index < -0.39 is 0 Å². The number of hydrogen-bond acceptors (Lipinski definition) is 4. The summed E-state index contributed by atoms with van der Waals surface area (Å²) in [6.45, 7) is 0. The molecule has 2 aromatic heterocycles. The van der Waals surface area contributed by atoms with Crippen molar-refractivity contribution in [1.82, 2.24) is 15.0 Å². The molecule has 136 valence electrons. The second-order valence-corrected chi connectivity index (χ2v) is 7.20. The van der Waals surface area contributed by atoms with E-state index in [0.717, 1.165) is 32.0 Å². The standard InChI is InChI=1S/C19H15BrClN5O/c20-15-9-22-16-3-2-12(7-13(15)16)26-19-14-8-11(25-18(27)5-6-21)1-4-17(14)23-10-24-19/h1-4,7-10,22H,5-6H2,(H,25,27)(H,23,24,26). The Morgan fingerprint density at radius 2 is 1.93 bits per heavy atom. The summed E-state index contributed by atoms with van der Waals surface area (Å²) in [5.74, 6) is 0.824. The molecule has 3 N–H and O–H groups in total. The number of rotatable bonds is 5. The van der Waals surface area contributed by atoms with Crippen molar-refractivity contribution in [1.29, 1.82) is 0 Å². The second-order valence-electron chi connectivity index (χ2n) is 5.96. The van der Waals surface area contributed by atoms with Gasteiger partial charge in [0, 0.05) is 50.6 Å². The highest BCUT2D eigenvalue weighted by atomic mass is 79.9. The molecular formula is C19H15BrClN5O. The predicted octanol–water partition coefficient (Wildman–Crippen LogP) is 5.18. The summed E-state index contributed by atoms with van der Waals surface area (Å²) in [6, 6.07) is 11.5. The first-order chi connectivity index (χ1) is 13.1. The molecule has 0 spiro atoms. The Kier molecular flexibility index (Phi) is 4.96. The van der Waals surface area contributed by atoms with Gasteiger partial charge in [0.2, 0.25) is 5.91 Å². The van der Waals surface area contributed by atoms with Crippen LogP contribution in [0.1, 0.15) is 6.42 Å². The van der Waals surface area contributed by atoms with Gasteiger partial charge in [-0.1, -0.05) is 0 Å². The number of carbonyl (C=O) groups is 1. The third kappa shape index (κ3) is 3.74. The lowest BCUT2D eigenvalue weighted by Crippen LogP contribution is -2.11. The number of carbonyl (C=O) groups excluding carboxylic acids is 1. The number of aromatic amines is 1. The van der Waals surface area contributed by atoms with Gasteiger partial charge in [0.25, 0.3) is 0 Å². The van der Waals surface area contributed by atoms with Gasteiger partial charge >= 0.3 is 0 Å². The van der Waals surface area contributed by atoms with Crippen LogP contribution in [0.15, 0.2) is 53.4 Å². The van der Waals surface area contributed by atoms with Crippen LogP contribution in [0.25, 0.3) is 21.8 Å². The third-order valence-electron chi connectivity index (χ3n) is 4.13. The van der Waals surface area contributed by atoms with Crippen LogP contribution in [-0.2, 0) is 4.79 Å². The first-order valence-corrected chi connectivity index (χ1v) is 9.61. The summed E-state index contributed by atoms with van der Waals surface area (Å²) in [6.07, 6.45) is 3.69. The molecule has 4 rings (SSSR count). The minimum absolute atomic E-state index is 0.126. The van der Waals surface area contributed by atoms with E-state index in [1.165, 1.54) is 6.33 Å². The number of alkyl halides is 1. The number of nitrogens with zero attached hydrogens (tertiary/aromatic N) is 2. The van der Waals surface area contributed by atoms with E-state index in [2.05, 4.69) is 41.5 Å². The third-order valence-corrected chi connectivity index (χ3v) is 4.98.